The number of carbonyl (C=O) groups excluding carboxylic acids is 1. The topological polar surface area (TPSA) is 68.5 Å². The summed E-state index contributed by atoms with van der Waals surface area (Å²) in [7, 11) is 0.986. The highest BCUT2D eigenvalue weighted by atomic mass is 19.2. The summed E-state index contributed by atoms with van der Waals surface area (Å²) in [5.41, 5.74) is 1.68. The molecule has 4 aromatic rings. The molecule has 0 unspecified atom stereocenters. The molecule has 1 N–H and O–H groups in total. The van der Waals surface area contributed by atoms with Gasteiger partial charge < -0.3 is 10.1 Å². The van der Waals surface area contributed by atoms with Gasteiger partial charge in [0.1, 0.15) is 0 Å². The van der Waals surface area contributed by atoms with Crippen LogP contribution in [0, 0.1) is 24.4 Å². The van der Waals surface area contributed by atoms with Gasteiger partial charge in [0, 0.05) is 29.8 Å². The highest BCUT2D eigenvalue weighted by Crippen LogP contribution is 2.29. The SMILES string of the molecule is COc1c(F)c(F)cc(C(=O)Nc2cc(-c3cn4cccnc4n3)ccc2C)c1F. The first-order valence-electron chi connectivity index (χ1n) is 8.82. The van der Waals surface area contributed by atoms with Crippen molar-refractivity contribution < 1.29 is 22.7 Å². The Morgan fingerprint density at radius 1 is 1.17 bits per heavy atom. The molecule has 0 fully saturated rings. The highest BCUT2D eigenvalue weighted by molar-refractivity contribution is 6.05. The molecule has 0 radical (unpaired) electrons. The van der Waals surface area contributed by atoms with Crippen LogP contribution in [0.3, 0.4) is 0 Å². The molecule has 0 saturated carbocycles. The summed E-state index contributed by atoms with van der Waals surface area (Å²) in [5.74, 6) is -5.56. The van der Waals surface area contributed by atoms with E-state index < -0.39 is 34.7 Å². The average molecular weight is 412 g/mol. The van der Waals surface area contributed by atoms with Gasteiger partial charge in [-0.3, -0.25) is 9.20 Å². The third-order valence-electron chi connectivity index (χ3n) is 4.58. The molecule has 0 aliphatic rings. The van der Waals surface area contributed by atoms with E-state index in [1.165, 1.54) is 0 Å². The molecule has 0 aliphatic carbocycles. The molecule has 4 rings (SSSR count). The lowest BCUT2D eigenvalue weighted by Crippen LogP contribution is -2.16. The van der Waals surface area contributed by atoms with Gasteiger partial charge in [0.15, 0.2) is 17.4 Å². The maximum Gasteiger partial charge on any atom is 0.258 e. The molecule has 2 aromatic heterocycles. The van der Waals surface area contributed by atoms with Crippen LogP contribution < -0.4 is 10.1 Å². The summed E-state index contributed by atoms with van der Waals surface area (Å²) in [6.45, 7) is 1.74. The van der Waals surface area contributed by atoms with E-state index in [4.69, 9.17) is 0 Å². The van der Waals surface area contributed by atoms with Gasteiger partial charge in [0.25, 0.3) is 5.91 Å². The third-order valence-corrected chi connectivity index (χ3v) is 4.58. The number of hydrogen-bond acceptors (Lipinski definition) is 4. The maximum absolute atomic E-state index is 14.4. The number of carbonyl (C=O) groups is 1. The van der Waals surface area contributed by atoms with Crippen LogP contribution in [0.15, 0.2) is 48.9 Å². The lowest BCUT2D eigenvalue weighted by Gasteiger charge is -2.12. The highest BCUT2D eigenvalue weighted by Gasteiger charge is 2.24. The lowest BCUT2D eigenvalue weighted by molar-refractivity contribution is 0.102. The van der Waals surface area contributed by atoms with Crippen molar-refractivity contribution in [3.05, 3.63) is 77.5 Å². The second-order valence-electron chi connectivity index (χ2n) is 6.50. The van der Waals surface area contributed by atoms with Crippen molar-refractivity contribution in [1.82, 2.24) is 14.4 Å². The number of rotatable bonds is 4. The Balaban J connectivity index is 1.69. The van der Waals surface area contributed by atoms with Crippen molar-refractivity contribution in [3.8, 4) is 17.0 Å². The van der Waals surface area contributed by atoms with Gasteiger partial charge in [-0.2, -0.15) is 4.39 Å². The molecule has 0 saturated heterocycles. The summed E-state index contributed by atoms with van der Waals surface area (Å²) >= 11 is 0. The van der Waals surface area contributed by atoms with Gasteiger partial charge in [-0.05, 0) is 30.7 Å². The number of methoxy groups -OCH3 is 1. The summed E-state index contributed by atoms with van der Waals surface area (Å²) in [6, 6.07) is 7.49. The smallest absolute Gasteiger partial charge is 0.258 e. The fourth-order valence-corrected chi connectivity index (χ4v) is 3.00. The number of nitrogens with one attached hydrogen (secondary N) is 1. The average Bonchev–Trinajstić information content (AvgIpc) is 3.17. The second kappa shape index (κ2) is 7.51. The van der Waals surface area contributed by atoms with Crippen molar-refractivity contribution in [1.29, 1.82) is 0 Å². The molecule has 6 nitrogen and oxygen atoms in total. The van der Waals surface area contributed by atoms with E-state index >= 15 is 0 Å². The van der Waals surface area contributed by atoms with Gasteiger partial charge >= 0.3 is 0 Å². The van der Waals surface area contributed by atoms with Crippen molar-refractivity contribution >= 4 is 17.4 Å². The minimum atomic E-state index is -1.50. The fraction of sp³-hybridized carbons (Fsp3) is 0.0952. The number of aryl methyl sites for hydroxylation is 1. The van der Waals surface area contributed by atoms with E-state index in [1.54, 1.807) is 48.1 Å². The molecule has 1 amide bonds. The largest absolute Gasteiger partial charge is 0.491 e. The monoisotopic (exact) mass is 412 g/mol. The van der Waals surface area contributed by atoms with Gasteiger partial charge in [-0.1, -0.05) is 12.1 Å². The second-order valence-corrected chi connectivity index (χ2v) is 6.50. The van der Waals surface area contributed by atoms with Crippen LogP contribution in [-0.4, -0.2) is 27.4 Å². The van der Waals surface area contributed by atoms with E-state index in [9.17, 15) is 18.0 Å². The van der Waals surface area contributed by atoms with Gasteiger partial charge in [-0.15, -0.1) is 0 Å². The number of ether oxygens (including phenoxy) is 1. The summed E-state index contributed by atoms with van der Waals surface area (Å²) in [4.78, 5) is 21.2. The number of aromatic nitrogens is 3. The van der Waals surface area contributed by atoms with Crippen molar-refractivity contribution in [2.75, 3.05) is 12.4 Å². The fourth-order valence-electron chi connectivity index (χ4n) is 3.00. The zero-order valence-electron chi connectivity index (χ0n) is 15.9. The number of amides is 1. The lowest BCUT2D eigenvalue weighted by atomic mass is 10.1. The Labute approximate surface area is 169 Å². The molecule has 0 bridgehead atoms. The minimum absolute atomic E-state index is 0.366. The first kappa shape index (κ1) is 19.4. The van der Waals surface area contributed by atoms with Crippen molar-refractivity contribution in [2.45, 2.75) is 6.92 Å². The van der Waals surface area contributed by atoms with Crippen LogP contribution in [0.5, 0.6) is 5.75 Å². The Kier molecular flexibility index (Phi) is 4.86. The van der Waals surface area contributed by atoms with Crippen LogP contribution >= 0.6 is 0 Å². The Morgan fingerprint density at radius 3 is 2.70 bits per heavy atom. The Bertz CT molecular complexity index is 1250. The molecule has 9 heteroatoms. The molecule has 152 valence electrons. The summed E-state index contributed by atoms with van der Waals surface area (Å²) < 4.78 is 48.1. The number of benzene rings is 2. The number of imidazole rings is 1. The number of nitrogens with zero attached hydrogens (tertiary/aromatic N) is 3. The van der Waals surface area contributed by atoms with Gasteiger partial charge in [0.05, 0.1) is 18.4 Å². The number of halogens is 3. The third kappa shape index (κ3) is 3.34. The molecular formula is C21H15F3N4O2. The molecule has 0 aliphatic heterocycles. The first-order chi connectivity index (χ1) is 14.4. The quantitative estimate of drug-likeness (QED) is 0.505. The standard InChI is InChI=1S/C21H15F3N4O2/c1-11-4-5-12(16-10-28-7-3-6-25-21(28)27-16)8-15(11)26-20(29)13-9-14(22)18(24)19(30-2)17(13)23/h3-10H,1-2H3,(H,26,29). The Hall–Kier alpha value is -3.88. The molecule has 30 heavy (non-hydrogen) atoms. The van der Waals surface area contributed by atoms with E-state index in [2.05, 4.69) is 20.0 Å². The summed E-state index contributed by atoms with van der Waals surface area (Å²) in [5, 5.41) is 2.54. The van der Waals surface area contributed by atoms with E-state index in [0.29, 0.717) is 34.4 Å². The summed E-state index contributed by atoms with van der Waals surface area (Å²) in [6.07, 6.45) is 5.20. The van der Waals surface area contributed by atoms with Crippen LogP contribution in [-0.2, 0) is 0 Å². The maximum atomic E-state index is 14.4. The normalized spacial score (nSPS) is 11.0. The van der Waals surface area contributed by atoms with Crippen LogP contribution in [0.4, 0.5) is 18.9 Å². The predicted molar refractivity (Wildman–Crippen MR) is 104 cm³/mol. The molecule has 0 atom stereocenters. The van der Waals surface area contributed by atoms with Crippen molar-refractivity contribution in [2.24, 2.45) is 0 Å². The predicted octanol–water partition coefficient (Wildman–Crippen LogP) is 4.38. The zero-order chi connectivity index (χ0) is 21.4. The number of anilines is 1. The van der Waals surface area contributed by atoms with E-state index in [0.717, 1.165) is 7.11 Å². The molecule has 0 spiro atoms. The molecule has 2 heterocycles. The molecule has 2 aromatic carbocycles. The number of fused-ring (bicyclic) bond motifs is 1. The van der Waals surface area contributed by atoms with Gasteiger partial charge in [0.2, 0.25) is 11.6 Å². The van der Waals surface area contributed by atoms with Gasteiger partial charge in [-0.25, -0.2) is 18.7 Å². The van der Waals surface area contributed by atoms with Crippen LogP contribution in [0.2, 0.25) is 0 Å². The van der Waals surface area contributed by atoms with E-state index in [1.807, 2.05) is 6.07 Å². The first-order valence-corrected chi connectivity index (χ1v) is 8.82. The number of hydrogen-bond donors (Lipinski definition) is 1. The molecular weight excluding hydrogens is 397 g/mol. The van der Waals surface area contributed by atoms with Crippen molar-refractivity contribution in [3.63, 3.8) is 0 Å². The van der Waals surface area contributed by atoms with Crippen LogP contribution in [0.25, 0.3) is 17.0 Å². The Morgan fingerprint density at radius 2 is 1.97 bits per heavy atom. The zero-order valence-corrected chi connectivity index (χ0v) is 15.9. The minimum Gasteiger partial charge on any atom is -0.491 e. The van der Waals surface area contributed by atoms with Crippen LogP contribution in [0.1, 0.15) is 15.9 Å². The van der Waals surface area contributed by atoms with E-state index in [-0.39, 0.29) is 0 Å².